The molecule has 0 atom stereocenters. The van der Waals surface area contributed by atoms with Gasteiger partial charge < -0.3 is 10.6 Å². The van der Waals surface area contributed by atoms with Gasteiger partial charge in [-0.05, 0) is 24.6 Å². The summed E-state index contributed by atoms with van der Waals surface area (Å²) >= 11 is 0. The van der Waals surface area contributed by atoms with Gasteiger partial charge in [0.2, 0.25) is 10.0 Å². The van der Waals surface area contributed by atoms with Gasteiger partial charge in [-0.25, -0.2) is 8.42 Å². The summed E-state index contributed by atoms with van der Waals surface area (Å²) in [6, 6.07) is 6.39. The number of amides is 2. The van der Waals surface area contributed by atoms with E-state index in [9.17, 15) is 18.0 Å². The number of hydrogen-bond acceptors (Lipinski definition) is 4. The van der Waals surface area contributed by atoms with E-state index in [0.29, 0.717) is 24.3 Å². The molecule has 1 aromatic carbocycles. The molecule has 118 valence electrons. The van der Waals surface area contributed by atoms with Gasteiger partial charge in [0.25, 0.3) is 0 Å². The number of nitrogens with zero attached hydrogens (tertiary/aromatic N) is 1. The summed E-state index contributed by atoms with van der Waals surface area (Å²) in [6.45, 7) is 4.05. The zero-order valence-corrected chi connectivity index (χ0v) is 12.7. The Balaban J connectivity index is 2.10. The summed E-state index contributed by atoms with van der Waals surface area (Å²) in [5.74, 6) is -1.48. The molecule has 0 aliphatic carbocycles. The number of benzene rings is 1. The summed E-state index contributed by atoms with van der Waals surface area (Å²) < 4.78 is 25.1. The van der Waals surface area contributed by atoms with E-state index in [2.05, 4.69) is 17.2 Å². The number of sulfonamides is 1. The molecular formula is C14H17N3O4S. The van der Waals surface area contributed by atoms with Crippen molar-refractivity contribution in [2.45, 2.75) is 6.42 Å². The highest BCUT2D eigenvalue weighted by Gasteiger charge is 2.28. The lowest BCUT2D eigenvalue weighted by Crippen LogP contribution is -2.35. The molecule has 0 unspecified atom stereocenters. The third kappa shape index (κ3) is 3.64. The fraction of sp³-hybridized carbons (Fsp3) is 0.286. The van der Waals surface area contributed by atoms with Crippen LogP contribution >= 0.6 is 0 Å². The second-order valence-electron chi connectivity index (χ2n) is 4.74. The minimum Gasteiger partial charge on any atom is -0.344 e. The Bertz CT molecular complexity index is 700. The second kappa shape index (κ2) is 6.61. The monoisotopic (exact) mass is 323 g/mol. The number of carbonyl (C=O) groups is 2. The first kappa shape index (κ1) is 16.0. The molecule has 7 nitrogen and oxygen atoms in total. The van der Waals surface area contributed by atoms with Gasteiger partial charge in [-0.15, -0.1) is 6.58 Å². The number of nitrogens with one attached hydrogen (secondary N) is 2. The fourth-order valence-electron chi connectivity index (χ4n) is 2.10. The predicted octanol–water partition coefficient (Wildman–Crippen LogP) is 0.467. The van der Waals surface area contributed by atoms with E-state index in [1.165, 1.54) is 16.4 Å². The molecule has 0 aromatic heterocycles. The van der Waals surface area contributed by atoms with Gasteiger partial charge in [0, 0.05) is 18.8 Å². The maximum atomic E-state index is 11.9. The lowest BCUT2D eigenvalue weighted by molar-refractivity contribution is -0.136. The molecule has 1 aromatic rings. The van der Waals surface area contributed by atoms with Gasteiger partial charge in [0.15, 0.2) is 0 Å². The van der Waals surface area contributed by atoms with Gasteiger partial charge in [0.05, 0.1) is 11.4 Å². The fourth-order valence-corrected chi connectivity index (χ4v) is 3.66. The van der Waals surface area contributed by atoms with Gasteiger partial charge in [0.1, 0.15) is 0 Å². The zero-order chi connectivity index (χ0) is 16.2. The van der Waals surface area contributed by atoms with Crippen LogP contribution in [-0.4, -0.2) is 39.1 Å². The molecule has 0 bridgehead atoms. The van der Waals surface area contributed by atoms with Gasteiger partial charge in [-0.1, -0.05) is 12.1 Å². The van der Waals surface area contributed by atoms with Crippen LogP contribution in [0.5, 0.6) is 0 Å². The lowest BCUT2D eigenvalue weighted by Gasteiger charge is -2.17. The highest BCUT2D eigenvalue weighted by atomic mass is 32.2. The third-order valence-electron chi connectivity index (χ3n) is 3.10. The van der Waals surface area contributed by atoms with Crippen LogP contribution in [0.2, 0.25) is 0 Å². The van der Waals surface area contributed by atoms with Gasteiger partial charge in [-0.2, -0.15) is 0 Å². The average molecular weight is 323 g/mol. The Morgan fingerprint density at radius 1 is 1.32 bits per heavy atom. The first-order valence-corrected chi connectivity index (χ1v) is 8.35. The van der Waals surface area contributed by atoms with Crippen molar-refractivity contribution >= 4 is 33.2 Å². The maximum absolute atomic E-state index is 11.9. The molecule has 1 aliphatic heterocycles. The summed E-state index contributed by atoms with van der Waals surface area (Å²) in [4.78, 5) is 23.2. The van der Waals surface area contributed by atoms with Crippen molar-refractivity contribution in [2.24, 2.45) is 0 Å². The Labute approximate surface area is 129 Å². The van der Waals surface area contributed by atoms with E-state index in [4.69, 9.17) is 0 Å². The molecule has 2 rings (SSSR count). The Morgan fingerprint density at radius 3 is 2.73 bits per heavy atom. The molecule has 1 saturated heterocycles. The summed E-state index contributed by atoms with van der Waals surface area (Å²) in [5, 5.41) is 4.79. The minimum atomic E-state index is -3.28. The van der Waals surface area contributed by atoms with E-state index in [-0.39, 0.29) is 12.3 Å². The second-order valence-corrected chi connectivity index (χ2v) is 6.76. The van der Waals surface area contributed by atoms with Crippen molar-refractivity contribution in [3.05, 3.63) is 36.9 Å². The van der Waals surface area contributed by atoms with Gasteiger partial charge >= 0.3 is 11.8 Å². The van der Waals surface area contributed by atoms with E-state index in [1.54, 1.807) is 18.2 Å². The lowest BCUT2D eigenvalue weighted by atomic mass is 10.2. The molecule has 0 radical (unpaired) electrons. The normalized spacial score (nSPS) is 16.1. The Hall–Kier alpha value is -2.35. The van der Waals surface area contributed by atoms with Crippen LogP contribution < -0.4 is 14.9 Å². The molecule has 0 saturated carbocycles. The standard InChI is InChI=1S/C14H17N3O4S/c1-2-7-15-13(18)14(19)16-11-5-3-6-12(10-11)17-8-4-9-22(17,20)21/h2-3,5-6,10H,1,4,7-9H2,(H,15,18)(H,16,19). The maximum Gasteiger partial charge on any atom is 0.313 e. The number of rotatable bonds is 4. The van der Waals surface area contributed by atoms with Crippen molar-refractivity contribution in [3.63, 3.8) is 0 Å². The topological polar surface area (TPSA) is 95.6 Å². The third-order valence-corrected chi connectivity index (χ3v) is 4.97. The average Bonchev–Trinajstić information content (AvgIpc) is 2.84. The van der Waals surface area contributed by atoms with Crippen molar-refractivity contribution in [1.82, 2.24) is 5.32 Å². The number of hydrogen-bond donors (Lipinski definition) is 2. The molecule has 22 heavy (non-hydrogen) atoms. The van der Waals surface area contributed by atoms with Crippen LogP contribution in [0.1, 0.15) is 6.42 Å². The highest BCUT2D eigenvalue weighted by Crippen LogP contribution is 2.26. The SMILES string of the molecule is C=CCNC(=O)C(=O)Nc1cccc(N2CCCS2(=O)=O)c1. The van der Waals surface area contributed by atoms with Gasteiger partial charge in [-0.3, -0.25) is 13.9 Å². The zero-order valence-electron chi connectivity index (χ0n) is 11.9. The van der Waals surface area contributed by atoms with Crippen molar-refractivity contribution < 1.29 is 18.0 Å². The molecule has 2 N–H and O–H groups in total. The van der Waals surface area contributed by atoms with Crippen molar-refractivity contribution in [2.75, 3.05) is 28.5 Å². The van der Waals surface area contributed by atoms with E-state index < -0.39 is 21.8 Å². The molecule has 2 amide bonds. The Morgan fingerprint density at radius 2 is 2.09 bits per heavy atom. The molecule has 1 fully saturated rings. The summed E-state index contributed by atoms with van der Waals surface area (Å²) in [7, 11) is -3.28. The van der Waals surface area contributed by atoms with Crippen LogP contribution in [0.4, 0.5) is 11.4 Å². The van der Waals surface area contributed by atoms with Crippen LogP contribution in [-0.2, 0) is 19.6 Å². The highest BCUT2D eigenvalue weighted by molar-refractivity contribution is 7.93. The van der Waals surface area contributed by atoms with Crippen LogP contribution in [0.25, 0.3) is 0 Å². The summed E-state index contributed by atoms with van der Waals surface area (Å²) in [5.41, 5.74) is 0.833. The first-order chi connectivity index (χ1) is 10.4. The molecule has 1 aliphatic rings. The van der Waals surface area contributed by atoms with Crippen LogP contribution in [0.15, 0.2) is 36.9 Å². The molecular weight excluding hydrogens is 306 g/mol. The predicted molar refractivity (Wildman–Crippen MR) is 84.0 cm³/mol. The van der Waals surface area contributed by atoms with E-state index in [1.807, 2.05) is 0 Å². The minimum absolute atomic E-state index is 0.119. The van der Waals surface area contributed by atoms with Crippen LogP contribution in [0, 0.1) is 0 Å². The molecule has 0 spiro atoms. The summed E-state index contributed by atoms with van der Waals surface area (Å²) in [6.07, 6.45) is 2.03. The number of anilines is 2. The van der Waals surface area contributed by atoms with Crippen molar-refractivity contribution in [3.8, 4) is 0 Å². The van der Waals surface area contributed by atoms with Crippen molar-refractivity contribution in [1.29, 1.82) is 0 Å². The van der Waals surface area contributed by atoms with E-state index in [0.717, 1.165) is 0 Å². The number of carbonyl (C=O) groups excluding carboxylic acids is 2. The van der Waals surface area contributed by atoms with Crippen LogP contribution in [0.3, 0.4) is 0 Å². The molecule has 8 heteroatoms. The Kier molecular flexibility index (Phi) is 4.81. The first-order valence-electron chi connectivity index (χ1n) is 6.74. The quantitative estimate of drug-likeness (QED) is 0.622. The molecule has 1 heterocycles. The largest absolute Gasteiger partial charge is 0.344 e. The smallest absolute Gasteiger partial charge is 0.313 e. The van der Waals surface area contributed by atoms with E-state index >= 15 is 0 Å².